The summed E-state index contributed by atoms with van der Waals surface area (Å²) < 4.78 is 0. The Bertz CT molecular complexity index is 1140. The molecule has 1 heterocycles. The van der Waals surface area contributed by atoms with Crippen LogP contribution in [-0.2, 0) is 6.54 Å². The molecule has 4 rings (SSSR count). The van der Waals surface area contributed by atoms with Crippen LogP contribution in [-0.4, -0.2) is 15.9 Å². The number of aliphatic imine (C=N–C) groups is 1. The van der Waals surface area contributed by atoms with Crippen molar-refractivity contribution in [2.24, 2.45) is 4.99 Å². The van der Waals surface area contributed by atoms with E-state index < -0.39 is 0 Å². The van der Waals surface area contributed by atoms with Gasteiger partial charge in [-0.25, -0.2) is 4.99 Å². The van der Waals surface area contributed by atoms with Gasteiger partial charge in [0.05, 0.1) is 0 Å². The molecule has 1 aromatic heterocycles. The predicted octanol–water partition coefficient (Wildman–Crippen LogP) is 5.17. The third-order valence-electron chi connectivity index (χ3n) is 4.46. The van der Waals surface area contributed by atoms with Crippen molar-refractivity contribution in [1.29, 1.82) is 0 Å². The fourth-order valence-corrected chi connectivity index (χ4v) is 3.23. The Hall–Kier alpha value is -3.57. The van der Waals surface area contributed by atoms with Gasteiger partial charge in [0.25, 0.3) is 0 Å². The third-order valence-corrected chi connectivity index (χ3v) is 4.70. The Morgan fingerprint density at radius 1 is 0.862 bits per heavy atom. The number of nitrogens with one attached hydrogen (secondary N) is 2. The van der Waals surface area contributed by atoms with E-state index in [-0.39, 0.29) is 0 Å². The minimum atomic E-state index is 0.417. The summed E-state index contributed by atoms with van der Waals surface area (Å²) >= 11 is 5.51. The Kier molecular flexibility index (Phi) is 5.88. The van der Waals surface area contributed by atoms with Crippen LogP contribution in [0, 0.1) is 0 Å². The number of nitrogens with zero attached hydrogens (tertiary/aromatic N) is 2. The van der Waals surface area contributed by atoms with Crippen LogP contribution in [0.2, 0.25) is 0 Å². The summed E-state index contributed by atoms with van der Waals surface area (Å²) in [5.41, 5.74) is 3.00. The minimum Gasteiger partial charge on any atom is -0.357 e. The molecule has 0 saturated heterocycles. The van der Waals surface area contributed by atoms with Crippen LogP contribution in [0.4, 0.5) is 5.69 Å². The molecule has 0 atom stereocenters. The molecule has 0 aliphatic heterocycles. The highest BCUT2D eigenvalue weighted by atomic mass is 32.1. The summed E-state index contributed by atoms with van der Waals surface area (Å²) in [5.74, 6) is 0.705. The van der Waals surface area contributed by atoms with E-state index in [0.29, 0.717) is 17.5 Å². The maximum atomic E-state index is 5.51. The number of amidine groups is 1. The lowest BCUT2D eigenvalue weighted by Crippen LogP contribution is -2.23. The molecule has 0 bridgehead atoms. The fraction of sp³-hybridized carbons (Fsp3) is 0.0417. The van der Waals surface area contributed by atoms with Gasteiger partial charge in [-0.05, 0) is 46.8 Å². The number of benzene rings is 3. The molecule has 3 aromatic carbocycles. The molecular formula is C24H20N4S. The first-order chi connectivity index (χ1) is 14.3. The van der Waals surface area contributed by atoms with Gasteiger partial charge >= 0.3 is 0 Å². The van der Waals surface area contributed by atoms with E-state index in [0.717, 1.165) is 27.6 Å². The van der Waals surface area contributed by atoms with Gasteiger partial charge < -0.3 is 10.6 Å². The molecule has 4 nitrogen and oxygen atoms in total. The number of fused-ring (bicyclic) bond motifs is 1. The zero-order valence-electron chi connectivity index (χ0n) is 15.7. The molecule has 29 heavy (non-hydrogen) atoms. The SMILES string of the molecule is S=C(N=C(Nc1ccccc1)c1cccc2ccccc12)NCc1cccnc1. The number of rotatable bonds is 4. The topological polar surface area (TPSA) is 49.3 Å². The minimum absolute atomic E-state index is 0.417. The number of hydrogen-bond donors (Lipinski definition) is 2. The van der Waals surface area contributed by atoms with Gasteiger partial charge in [0.2, 0.25) is 0 Å². The van der Waals surface area contributed by atoms with Crippen molar-refractivity contribution in [3.05, 3.63) is 108 Å². The summed E-state index contributed by atoms with van der Waals surface area (Å²) in [6.45, 7) is 0.574. The summed E-state index contributed by atoms with van der Waals surface area (Å²) in [5, 5.41) is 9.31. The largest absolute Gasteiger partial charge is 0.357 e. The second-order valence-corrected chi connectivity index (χ2v) is 6.88. The molecule has 0 amide bonds. The van der Waals surface area contributed by atoms with E-state index in [2.05, 4.69) is 39.9 Å². The van der Waals surface area contributed by atoms with E-state index in [1.54, 1.807) is 6.20 Å². The molecule has 0 saturated carbocycles. The van der Waals surface area contributed by atoms with E-state index in [1.807, 2.05) is 66.9 Å². The quantitative estimate of drug-likeness (QED) is 0.284. The van der Waals surface area contributed by atoms with E-state index in [9.17, 15) is 0 Å². The van der Waals surface area contributed by atoms with Gasteiger partial charge in [-0.2, -0.15) is 0 Å². The van der Waals surface area contributed by atoms with Gasteiger partial charge in [0.15, 0.2) is 5.11 Å². The lowest BCUT2D eigenvalue weighted by molar-refractivity contribution is 0.911. The van der Waals surface area contributed by atoms with Crippen molar-refractivity contribution in [2.45, 2.75) is 6.54 Å². The third kappa shape index (κ3) is 4.83. The van der Waals surface area contributed by atoms with Crippen molar-refractivity contribution in [3.63, 3.8) is 0 Å². The molecule has 4 aromatic rings. The normalized spacial score (nSPS) is 11.2. The maximum absolute atomic E-state index is 5.51. The first kappa shape index (κ1) is 18.8. The lowest BCUT2D eigenvalue weighted by Gasteiger charge is -2.14. The van der Waals surface area contributed by atoms with E-state index in [4.69, 9.17) is 17.2 Å². The zero-order chi connectivity index (χ0) is 19.9. The average Bonchev–Trinajstić information content (AvgIpc) is 2.78. The first-order valence-corrected chi connectivity index (χ1v) is 9.76. The number of aromatic nitrogens is 1. The van der Waals surface area contributed by atoms with Crippen LogP contribution in [0.15, 0.2) is 102 Å². The number of anilines is 1. The van der Waals surface area contributed by atoms with Crippen molar-refractivity contribution in [1.82, 2.24) is 10.3 Å². The summed E-state index contributed by atoms with van der Waals surface area (Å²) in [6.07, 6.45) is 3.57. The molecule has 0 aliphatic carbocycles. The molecule has 5 heteroatoms. The monoisotopic (exact) mass is 396 g/mol. The Labute approximate surface area is 175 Å². The summed E-state index contributed by atoms with van der Waals surface area (Å²) in [6, 6.07) is 28.3. The maximum Gasteiger partial charge on any atom is 0.195 e. The van der Waals surface area contributed by atoms with Crippen LogP contribution in [0.1, 0.15) is 11.1 Å². The molecule has 0 aliphatic rings. The highest BCUT2D eigenvalue weighted by Gasteiger charge is 2.10. The van der Waals surface area contributed by atoms with Crippen LogP contribution in [0.25, 0.3) is 10.8 Å². The van der Waals surface area contributed by atoms with Crippen LogP contribution in [0.5, 0.6) is 0 Å². The molecule has 142 valence electrons. The number of pyridine rings is 1. The van der Waals surface area contributed by atoms with Gasteiger partial charge in [-0.15, -0.1) is 0 Å². The van der Waals surface area contributed by atoms with Gasteiger partial charge in [0.1, 0.15) is 5.84 Å². The average molecular weight is 397 g/mol. The van der Waals surface area contributed by atoms with Crippen molar-refractivity contribution in [3.8, 4) is 0 Å². The first-order valence-electron chi connectivity index (χ1n) is 9.35. The van der Waals surface area contributed by atoms with Crippen molar-refractivity contribution < 1.29 is 0 Å². The predicted molar refractivity (Wildman–Crippen MR) is 124 cm³/mol. The zero-order valence-corrected chi connectivity index (χ0v) is 16.6. The van der Waals surface area contributed by atoms with Gasteiger partial charge in [-0.1, -0.05) is 66.7 Å². The van der Waals surface area contributed by atoms with Gasteiger partial charge in [-0.3, -0.25) is 4.98 Å². The van der Waals surface area contributed by atoms with Crippen molar-refractivity contribution in [2.75, 3.05) is 5.32 Å². The lowest BCUT2D eigenvalue weighted by atomic mass is 10.0. The molecule has 0 unspecified atom stereocenters. The number of para-hydroxylation sites is 1. The van der Waals surface area contributed by atoms with Crippen LogP contribution < -0.4 is 10.6 Å². The second-order valence-electron chi connectivity index (χ2n) is 6.50. The smallest absolute Gasteiger partial charge is 0.195 e. The molecule has 0 fully saturated rings. The number of hydrogen-bond acceptors (Lipinski definition) is 2. The molecular weight excluding hydrogens is 376 g/mol. The summed E-state index contributed by atoms with van der Waals surface area (Å²) in [4.78, 5) is 8.84. The van der Waals surface area contributed by atoms with Crippen LogP contribution in [0.3, 0.4) is 0 Å². The van der Waals surface area contributed by atoms with E-state index >= 15 is 0 Å². The molecule has 0 spiro atoms. The van der Waals surface area contributed by atoms with Crippen LogP contribution >= 0.6 is 12.2 Å². The highest BCUT2D eigenvalue weighted by Crippen LogP contribution is 2.20. The Morgan fingerprint density at radius 3 is 2.48 bits per heavy atom. The highest BCUT2D eigenvalue weighted by molar-refractivity contribution is 7.80. The van der Waals surface area contributed by atoms with Gasteiger partial charge in [0, 0.05) is 30.2 Å². The Morgan fingerprint density at radius 2 is 1.66 bits per heavy atom. The fourth-order valence-electron chi connectivity index (χ4n) is 3.07. The van der Waals surface area contributed by atoms with Crippen molar-refractivity contribution >= 4 is 39.6 Å². The molecule has 0 radical (unpaired) electrons. The standard InChI is InChI=1S/C24H20N4S/c29-24(26-17-18-8-7-15-25-16-18)28-23(27-20-11-2-1-3-12-20)22-14-6-10-19-9-4-5-13-21(19)22/h1-16H,17H2,(H2,26,27,28,29). The second kappa shape index (κ2) is 9.08. The molecule has 2 N–H and O–H groups in total. The number of thiocarbonyl (C=S) groups is 1. The summed E-state index contributed by atoms with van der Waals surface area (Å²) in [7, 11) is 0. The Balaban J connectivity index is 1.66. The van der Waals surface area contributed by atoms with E-state index in [1.165, 1.54) is 0 Å².